The van der Waals surface area contributed by atoms with Gasteiger partial charge in [-0.2, -0.15) is 25.8 Å². The van der Waals surface area contributed by atoms with E-state index in [2.05, 4.69) is 18.9 Å². The second kappa shape index (κ2) is 1.43. The van der Waals surface area contributed by atoms with E-state index in [4.69, 9.17) is 0 Å². The third kappa shape index (κ3) is 0.361. The highest BCUT2D eigenvalue weighted by atomic mass is 15.5. The van der Waals surface area contributed by atoms with E-state index in [0.29, 0.717) is 0 Å². The molecule has 0 aromatic carbocycles. The molecule has 12 heavy (non-hydrogen) atoms. The molecule has 5 saturated heterocycles. The molecule has 5 fully saturated rings. The van der Waals surface area contributed by atoms with Gasteiger partial charge in [-0.1, -0.05) is 0 Å². The zero-order chi connectivity index (χ0) is 7.45. The summed E-state index contributed by atoms with van der Waals surface area (Å²) < 4.78 is 11.8. The average molecular weight is 159 g/mol. The fourth-order valence-corrected chi connectivity index (χ4v) is 6.05. The first-order valence-electron chi connectivity index (χ1n) is 5.79. The molecule has 0 radical (unpaired) electrons. The minimum Gasteiger partial charge on any atom is -0.665 e. The summed E-state index contributed by atoms with van der Waals surface area (Å²) in [6.45, 7) is 0.236. The van der Waals surface area contributed by atoms with Crippen molar-refractivity contribution >= 4 is 27.9 Å². The van der Waals surface area contributed by atoms with Gasteiger partial charge in [-0.05, 0) is 0 Å². The Morgan fingerprint density at radius 3 is 1.00 bits per heavy atom. The third-order valence-corrected chi connectivity index (χ3v) is 6.19. The summed E-state index contributed by atoms with van der Waals surface area (Å²) in [5.41, 5.74) is 0. The van der Waals surface area contributed by atoms with Crippen molar-refractivity contribution in [2.45, 2.75) is 0 Å². The zero-order valence-electron chi connectivity index (χ0n) is 7.45. The first-order chi connectivity index (χ1) is 5.93. The van der Waals surface area contributed by atoms with E-state index in [1.165, 1.54) is 25.8 Å². The fourth-order valence-electron chi connectivity index (χ4n) is 6.05. The molecule has 8 heteroatoms. The monoisotopic (exact) mass is 160 g/mol. The Kier molecular flexibility index (Phi) is 0.687. The fraction of sp³-hybridized carbons (Fsp3) is 1.00. The molecule has 5 heterocycles. The summed E-state index contributed by atoms with van der Waals surface area (Å²) in [7, 11) is 0. The number of rotatable bonds is 0. The van der Waals surface area contributed by atoms with Crippen LogP contribution in [0.3, 0.4) is 0 Å². The molecular weight excluding hydrogens is 147 g/mol. The summed E-state index contributed by atoms with van der Waals surface area (Å²) >= 11 is 0. The molecule has 0 aromatic rings. The van der Waals surface area contributed by atoms with Crippen molar-refractivity contribution < 1.29 is 0 Å². The van der Waals surface area contributed by atoms with Crippen LogP contribution in [0.4, 0.5) is 0 Å². The topological polar surface area (TPSA) is 13.0 Å². The van der Waals surface area contributed by atoms with Crippen LogP contribution in [0.1, 0.15) is 0 Å². The van der Waals surface area contributed by atoms with E-state index < -0.39 is 0 Å². The van der Waals surface area contributed by atoms with Crippen LogP contribution in [0.2, 0.25) is 0 Å². The van der Waals surface area contributed by atoms with E-state index in [1.807, 2.05) is 0 Å². The van der Waals surface area contributed by atoms with E-state index in [0.717, 1.165) is 0 Å². The van der Waals surface area contributed by atoms with Crippen molar-refractivity contribution in [3.05, 3.63) is 0 Å². The second-order valence-electron chi connectivity index (χ2n) is 5.93. The number of hydrogen-bond acceptors (Lipinski definition) is 4. The third-order valence-electron chi connectivity index (χ3n) is 6.19. The predicted octanol–water partition coefficient (Wildman–Crippen LogP) is -3.70. The molecule has 0 aromatic heterocycles. The van der Waals surface area contributed by atoms with Crippen LogP contribution in [0, 0.1) is 0 Å². The maximum Gasteiger partial charge on any atom is 0.0444 e. The Hall–Kier alpha value is 0.0997. The number of nitrogens with zero attached hydrogens (tertiary/aromatic N) is 4. The van der Waals surface area contributed by atoms with Crippen LogP contribution < -0.4 is 0 Å². The molecule has 8 bridgehead atoms. The lowest BCUT2D eigenvalue weighted by Gasteiger charge is -2.52. The van der Waals surface area contributed by atoms with Crippen LogP contribution in [0.15, 0.2) is 0 Å². The van der Waals surface area contributed by atoms with Gasteiger partial charge in [0.25, 0.3) is 0 Å². The van der Waals surface area contributed by atoms with Gasteiger partial charge in [-0.3, -0.25) is 0 Å². The molecule has 0 aliphatic carbocycles. The molecule has 0 amide bonds. The van der Waals surface area contributed by atoms with Crippen LogP contribution in [0.5, 0.6) is 0 Å². The summed E-state index contributed by atoms with van der Waals surface area (Å²) in [6.07, 6.45) is 6.00. The maximum atomic E-state index is 2.94. The quantitative estimate of drug-likeness (QED) is 0.337. The first-order valence-corrected chi connectivity index (χ1v) is 5.79. The van der Waals surface area contributed by atoms with E-state index in [9.17, 15) is 0 Å². The maximum absolute atomic E-state index is 2.94. The lowest BCUT2D eigenvalue weighted by Crippen LogP contribution is -2.52. The largest absolute Gasteiger partial charge is 0.665 e. The Balaban J connectivity index is 1.88. The highest BCUT2D eigenvalue weighted by Gasteiger charge is 2.48. The van der Waals surface area contributed by atoms with Gasteiger partial charge < -0.3 is 18.9 Å². The number of hydrogen-bond donors (Lipinski definition) is 0. The van der Waals surface area contributed by atoms with Crippen LogP contribution in [-0.4, -0.2) is 72.6 Å². The lowest BCUT2D eigenvalue weighted by molar-refractivity contribution is 0.668. The lowest BCUT2D eigenvalue weighted by atomic mass is 9.63. The zero-order valence-corrected chi connectivity index (χ0v) is 7.45. The summed E-state index contributed by atoms with van der Waals surface area (Å²) in [5.74, 6) is 0. The van der Waals surface area contributed by atoms with Crippen molar-refractivity contribution in [1.82, 2.24) is 18.9 Å². The van der Waals surface area contributed by atoms with E-state index >= 15 is 0 Å². The summed E-state index contributed by atoms with van der Waals surface area (Å²) in [5, 5.41) is 0. The minimum atomic E-state index is 0.0590. The summed E-state index contributed by atoms with van der Waals surface area (Å²) in [6, 6.07) is 0. The van der Waals surface area contributed by atoms with Gasteiger partial charge in [0.15, 0.2) is 0 Å². The van der Waals surface area contributed by atoms with Gasteiger partial charge in [0.2, 0.25) is 0 Å². The Morgan fingerprint density at radius 2 is 0.750 bits per heavy atom. The minimum absolute atomic E-state index is 0.0590. The summed E-state index contributed by atoms with van der Waals surface area (Å²) in [4.78, 5) is 0. The molecule has 5 aliphatic rings. The van der Waals surface area contributed by atoms with Gasteiger partial charge >= 0.3 is 0 Å². The van der Waals surface area contributed by atoms with Crippen LogP contribution >= 0.6 is 0 Å². The molecular formula is C4H12B4N4-4. The highest BCUT2D eigenvalue weighted by Crippen LogP contribution is 2.42. The van der Waals surface area contributed by atoms with Gasteiger partial charge in [0.1, 0.15) is 0 Å². The molecule has 5 rings (SSSR count). The molecule has 0 N–H and O–H groups in total. The first kappa shape index (κ1) is 5.75. The molecule has 0 saturated carbocycles. The molecule has 0 unspecified atom stereocenters. The van der Waals surface area contributed by atoms with Crippen molar-refractivity contribution in [3.8, 4) is 0 Å². The molecule has 0 atom stereocenters. The van der Waals surface area contributed by atoms with Gasteiger partial charge in [0, 0.05) is 27.9 Å². The molecule has 64 valence electrons. The SMILES string of the molecule is C1[BH-]2N3C[BH-]4N5C[BH-]3N1[BH-]5CN24. The van der Waals surface area contributed by atoms with Crippen LogP contribution in [-0.2, 0) is 0 Å². The average Bonchev–Trinajstić information content (AvgIpc) is 2.62. The molecule has 0 spiro atoms. The Bertz CT molecular complexity index is 192. The molecule has 4 nitrogen and oxygen atoms in total. The smallest absolute Gasteiger partial charge is 0.0444 e. The standard InChI is InChI=1S/C4H12B4N4/c1-5-10-4-8-11(5)2-7-9(1)6(10)3-12(7)8/h5-8H,1-4H2/q-4. The predicted molar refractivity (Wildman–Crippen MR) is 55.4 cm³/mol. The van der Waals surface area contributed by atoms with Crippen molar-refractivity contribution in [1.29, 1.82) is 0 Å². The van der Waals surface area contributed by atoms with Crippen molar-refractivity contribution in [2.75, 3.05) is 25.8 Å². The van der Waals surface area contributed by atoms with E-state index in [-0.39, 0.29) is 27.9 Å². The van der Waals surface area contributed by atoms with E-state index in [1.54, 1.807) is 0 Å². The molecule has 5 aliphatic heterocycles. The van der Waals surface area contributed by atoms with Gasteiger partial charge in [-0.25, -0.2) is 0 Å². The van der Waals surface area contributed by atoms with Crippen LogP contribution in [0.25, 0.3) is 0 Å². The van der Waals surface area contributed by atoms with Crippen molar-refractivity contribution in [3.63, 3.8) is 0 Å². The van der Waals surface area contributed by atoms with Gasteiger partial charge in [-0.15, -0.1) is 0 Å². The second-order valence-corrected chi connectivity index (χ2v) is 5.93. The van der Waals surface area contributed by atoms with Crippen molar-refractivity contribution in [2.24, 2.45) is 0 Å². The Labute approximate surface area is 73.3 Å². The Morgan fingerprint density at radius 1 is 0.500 bits per heavy atom. The van der Waals surface area contributed by atoms with Gasteiger partial charge in [0.05, 0.1) is 0 Å². The normalized spacial score (nSPS) is 80.0. The highest BCUT2D eigenvalue weighted by molar-refractivity contribution is 7.01.